The molecule has 14 heavy (non-hydrogen) atoms. The molecular weight excluding hydrogens is 265 g/mol. The molecule has 0 saturated heterocycles. The van der Waals surface area contributed by atoms with Crippen molar-refractivity contribution in [1.82, 2.24) is 5.06 Å². The van der Waals surface area contributed by atoms with Crippen LogP contribution < -0.4 is 0 Å². The van der Waals surface area contributed by atoms with Gasteiger partial charge in [-0.1, -0.05) is 0 Å². The lowest BCUT2D eigenvalue weighted by molar-refractivity contribution is -0.192. The molecule has 7 heteroatoms. The van der Waals surface area contributed by atoms with Crippen LogP contribution in [-0.2, 0) is 4.84 Å². The summed E-state index contributed by atoms with van der Waals surface area (Å²) >= 11 is 2.79. The summed E-state index contributed by atoms with van der Waals surface area (Å²) in [6.45, 7) is 1.63. The van der Waals surface area contributed by atoms with Crippen LogP contribution in [0.5, 0.6) is 0 Å². The van der Waals surface area contributed by atoms with Gasteiger partial charge >= 0.3 is 6.18 Å². The Kier molecular flexibility index (Phi) is 3.54. The second-order valence-corrected chi connectivity index (χ2v) is 3.30. The number of nitrogens with zero attached hydrogens (tertiary/aromatic N) is 2. The number of rotatable bonds is 2. The highest BCUT2D eigenvalue weighted by atomic mass is 79.9. The first-order valence-corrected chi connectivity index (χ1v) is 4.63. The van der Waals surface area contributed by atoms with Crippen LogP contribution in [0.2, 0.25) is 0 Å². The summed E-state index contributed by atoms with van der Waals surface area (Å²) in [4.78, 5) is 8.50. The third kappa shape index (κ3) is 2.48. The molecule has 0 N–H and O–H groups in total. The Balaban J connectivity index is 2.96. The van der Waals surface area contributed by atoms with Crippen LogP contribution in [0.15, 0.2) is 15.2 Å². The van der Waals surface area contributed by atoms with Gasteiger partial charge in [-0.2, -0.15) is 13.2 Å². The molecule has 0 bridgehead atoms. The fourth-order valence-electron chi connectivity index (χ4n) is 0.984. The molecule has 0 fully saturated rings. The topological polar surface area (TPSA) is 24.8 Å². The summed E-state index contributed by atoms with van der Waals surface area (Å²) in [6, 6.07) is 0. The number of allylic oxidation sites excluding steroid dienone is 2. The molecule has 3 nitrogen and oxygen atoms in total. The Labute approximate surface area is 87.3 Å². The van der Waals surface area contributed by atoms with Crippen LogP contribution >= 0.6 is 15.9 Å². The number of hydrogen-bond donors (Lipinski definition) is 0. The monoisotopic (exact) mass is 272 g/mol. The first-order chi connectivity index (χ1) is 6.46. The van der Waals surface area contributed by atoms with Gasteiger partial charge in [0.2, 0.25) is 0 Å². The summed E-state index contributed by atoms with van der Waals surface area (Å²) in [6.07, 6.45) is -3.32. The molecule has 0 unspecified atom stereocenters. The van der Waals surface area contributed by atoms with Gasteiger partial charge in [0.15, 0.2) is 5.70 Å². The third-order valence-electron chi connectivity index (χ3n) is 1.44. The molecule has 0 saturated carbocycles. The van der Waals surface area contributed by atoms with Crippen molar-refractivity contribution in [3.8, 4) is 0 Å². The molecule has 0 aliphatic carbocycles. The second kappa shape index (κ2) is 4.31. The van der Waals surface area contributed by atoms with E-state index in [1.807, 2.05) is 0 Å². The highest BCUT2D eigenvalue weighted by molar-refractivity contribution is 9.12. The van der Waals surface area contributed by atoms with Crippen LogP contribution in [0, 0.1) is 0 Å². The van der Waals surface area contributed by atoms with Gasteiger partial charge in [0, 0.05) is 6.21 Å². The quantitative estimate of drug-likeness (QED) is 0.772. The van der Waals surface area contributed by atoms with Gasteiger partial charge in [0.25, 0.3) is 0 Å². The number of aliphatic imine (C=N–C) groups is 1. The molecule has 0 aromatic heterocycles. The van der Waals surface area contributed by atoms with Crippen molar-refractivity contribution in [2.75, 3.05) is 13.3 Å². The van der Waals surface area contributed by atoms with E-state index in [0.717, 1.165) is 11.3 Å². The Hall–Kier alpha value is -0.560. The van der Waals surface area contributed by atoms with Crippen molar-refractivity contribution < 1.29 is 18.0 Å². The van der Waals surface area contributed by atoms with Crippen molar-refractivity contribution in [2.45, 2.75) is 13.1 Å². The normalized spacial score (nSPS) is 17.9. The number of hydroxylamine groups is 2. The molecule has 0 amide bonds. The van der Waals surface area contributed by atoms with E-state index in [2.05, 4.69) is 20.9 Å². The van der Waals surface area contributed by atoms with Crippen LogP contribution in [0.25, 0.3) is 0 Å². The zero-order valence-corrected chi connectivity index (χ0v) is 8.89. The maximum absolute atomic E-state index is 12.5. The number of alkyl halides is 3. The van der Waals surface area contributed by atoms with E-state index in [-0.39, 0.29) is 17.8 Å². The second-order valence-electron chi connectivity index (χ2n) is 2.44. The summed E-state index contributed by atoms with van der Waals surface area (Å²) in [7, 11) is 0. The van der Waals surface area contributed by atoms with Gasteiger partial charge in [-0.15, -0.1) is 0 Å². The summed E-state index contributed by atoms with van der Waals surface area (Å²) < 4.78 is 37.4. The Bertz CT molecular complexity index is 275. The van der Waals surface area contributed by atoms with Gasteiger partial charge < -0.3 is 0 Å². The van der Waals surface area contributed by atoms with Gasteiger partial charge in [-0.05, 0) is 22.9 Å². The number of halogens is 4. The average Bonchev–Trinajstić information content (AvgIpc) is 2.02. The van der Waals surface area contributed by atoms with Gasteiger partial charge in [0.1, 0.15) is 6.67 Å². The minimum atomic E-state index is -4.44. The smallest absolute Gasteiger partial charge is 0.272 e. The summed E-state index contributed by atoms with van der Waals surface area (Å²) in [5.41, 5.74) is -0.852. The zero-order chi connectivity index (χ0) is 10.8. The van der Waals surface area contributed by atoms with E-state index in [1.54, 1.807) is 6.92 Å². The fourth-order valence-corrected chi connectivity index (χ4v) is 1.55. The molecule has 1 heterocycles. The van der Waals surface area contributed by atoms with E-state index in [0.29, 0.717) is 0 Å². The SMILES string of the molecule is CCON1CN=CC(Br)=C1C(F)(F)F. The maximum atomic E-state index is 12.5. The molecule has 0 spiro atoms. The van der Waals surface area contributed by atoms with Crippen molar-refractivity contribution in [1.29, 1.82) is 0 Å². The van der Waals surface area contributed by atoms with Crippen LogP contribution in [0.3, 0.4) is 0 Å². The Morgan fingerprint density at radius 2 is 2.29 bits per heavy atom. The van der Waals surface area contributed by atoms with E-state index < -0.39 is 11.9 Å². The third-order valence-corrected chi connectivity index (χ3v) is 2.02. The Morgan fingerprint density at radius 3 is 2.79 bits per heavy atom. The fraction of sp³-hybridized carbons (Fsp3) is 0.571. The Morgan fingerprint density at radius 1 is 1.64 bits per heavy atom. The molecule has 0 radical (unpaired) electrons. The van der Waals surface area contributed by atoms with Crippen molar-refractivity contribution in [3.05, 3.63) is 10.2 Å². The van der Waals surface area contributed by atoms with Crippen molar-refractivity contribution in [2.24, 2.45) is 4.99 Å². The standard InChI is InChI=1S/C7H8BrF3N2O/c1-2-14-13-4-12-3-5(8)6(13)7(9,10)11/h3H,2,4H2,1H3. The molecule has 0 aromatic carbocycles. The minimum absolute atomic E-state index is 0.121. The molecule has 1 aliphatic heterocycles. The molecule has 0 atom stereocenters. The number of hydrogen-bond acceptors (Lipinski definition) is 3. The summed E-state index contributed by atoms with van der Waals surface area (Å²) in [5, 5.41) is 0.726. The van der Waals surface area contributed by atoms with Gasteiger partial charge in [0.05, 0.1) is 11.1 Å². The first kappa shape index (κ1) is 11.5. The van der Waals surface area contributed by atoms with Crippen molar-refractivity contribution in [3.63, 3.8) is 0 Å². The highest BCUT2D eigenvalue weighted by Crippen LogP contribution is 2.34. The largest absolute Gasteiger partial charge is 0.434 e. The summed E-state index contributed by atoms with van der Waals surface area (Å²) in [5.74, 6) is 0. The molecule has 80 valence electrons. The van der Waals surface area contributed by atoms with Crippen molar-refractivity contribution >= 4 is 22.1 Å². The first-order valence-electron chi connectivity index (χ1n) is 3.84. The molecule has 1 aliphatic rings. The maximum Gasteiger partial charge on any atom is 0.434 e. The minimum Gasteiger partial charge on any atom is -0.272 e. The van der Waals surface area contributed by atoms with E-state index in [9.17, 15) is 13.2 Å². The molecular formula is C7H8BrF3N2O. The average molecular weight is 273 g/mol. The van der Waals surface area contributed by atoms with E-state index >= 15 is 0 Å². The van der Waals surface area contributed by atoms with Gasteiger partial charge in [-0.3, -0.25) is 9.83 Å². The molecule has 0 aromatic rings. The lowest BCUT2D eigenvalue weighted by Crippen LogP contribution is -2.35. The van der Waals surface area contributed by atoms with Crippen LogP contribution in [-0.4, -0.2) is 30.7 Å². The molecule has 1 rings (SSSR count). The van der Waals surface area contributed by atoms with E-state index in [4.69, 9.17) is 4.84 Å². The van der Waals surface area contributed by atoms with Crippen LogP contribution in [0.4, 0.5) is 13.2 Å². The highest BCUT2D eigenvalue weighted by Gasteiger charge is 2.41. The van der Waals surface area contributed by atoms with E-state index in [1.165, 1.54) is 0 Å². The van der Waals surface area contributed by atoms with Crippen LogP contribution in [0.1, 0.15) is 6.92 Å². The lowest BCUT2D eigenvalue weighted by Gasteiger charge is -2.28. The van der Waals surface area contributed by atoms with Gasteiger partial charge in [-0.25, -0.2) is 5.06 Å². The zero-order valence-electron chi connectivity index (χ0n) is 7.31. The predicted molar refractivity (Wildman–Crippen MR) is 48.8 cm³/mol. The lowest BCUT2D eigenvalue weighted by atomic mass is 10.3. The predicted octanol–water partition coefficient (Wildman–Crippen LogP) is 2.45.